The van der Waals surface area contributed by atoms with Crippen LogP contribution in [0.2, 0.25) is 10.0 Å². The fraction of sp³-hybridized carbons (Fsp3) is 0.389. The molecule has 0 spiro atoms. The van der Waals surface area contributed by atoms with Crippen molar-refractivity contribution < 1.29 is 4.79 Å². The normalized spacial score (nSPS) is 26.4. The number of amidine groups is 1. The molecule has 1 aromatic carbocycles. The van der Waals surface area contributed by atoms with E-state index >= 15 is 0 Å². The number of hydrogen-bond donors (Lipinski definition) is 0. The summed E-state index contributed by atoms with van der Waals surface area (Å²) >= 11 is 14.1. The van der Waals surface area contributed by atoms with Crippen LogP contribution in [0.5, 0.6) is 0 Å². The Morgan fingerprint density at radius 3 is 2.81 bits per heavy atom. The lowest BCUT2D eigenvalue weighted by atomic mass is 9.91. The third-order valence-corrected chi connectivity index (χ3v) is 6.81. The minimum absolute atomic E-state index is 0.0241. The van der Waals surface area contributed by atoms with E-state index in [1.807, 2.05) is 6.92 Å². The molecular weight excluding hydrogens is 391 g/mol. The molecule has 136 valence electrons. The summed E-state index contributed by atoms with van der Waals surface area (Å²) in [7, 11) is 2.10. The van der Waals surface area contributed by atoms with Crippen LogP contribution in [0.4, 0.5) is 0 Å². The summed E-state index contributed by atoms with van der Waals surface area (Å²) in [5.41, 5.74) is 1.83. The molecule has 0 aromatic heterocycles. The van der Waals surface area contributed by atoms with Gasteiger partial charge in [-0.15, -0.1) is 11.8 Å². The number of benzene rings is 1. The zero-order valence-corrected chi connectivity index (χ0v) is 16.8. The smallest absolute Gasteiger partial charge is 0.258 e. The van der Waals surface area contributed by atoms with Crippen LogP contribution in [0.3, 0.4) is 0 Å². The molecule has 2 unspecified atom stereocenters. The van der Waals surface area contributed by atoms with E-state index in [4.69, 9.17) is 28.2 Å². The Bertz CT molecular complexity index is 846. The van der Waals surface area contributed by atoms with Crippen molar-refractivity contribution in [3.63, 3.8) is 0 Å². The van der Waals surface area contributed by atoms with Crippen molar-refractivity contribution in [2.75, 3.05) is 20.1 Å². The second-order valence-electron chi connectivity index (χ2n) is 6.63. The molecule has 0 saturated carbocycles. The second kappa shape index (κ2) is 7.00. The molecule has 0 bridgehead atoms. The third kappa shape index (κ3) is 3.09. The average Bonchev–Trinajstić information content (AvgIpc) is 2.93. The lowest BCUT2D eigenvalue weighted by molar-refractivity contribution is -0.131. The number of hydrazone groups is 1. The van der Waals surface area contributed by atoms with E-state index in [9.17, 15) is 4.79 Å². The number of hydrogen-bond acceptors (Lipinski definition) is 5. The predicted octanol–water partition coefficient (Wildman–Crippen LogP) is 3.87. The Balaban J connectivity index is 1.64. The van der Waals surface area contributed by atoms with E-state index in [-0.39, 0.29) is 17.2 Å². The highest BCUT2D eigenvalue weighted by atomic mass is 35.5. The van der Waals surface area contributed by atoms with Gasteiger partial charge < -0.3 is 4.90 Å². The molecule has 0 aliphatic carbocycles. The highest BCUT2D eigenvalue weighted by Crippen LogP contribution is 2.48. The van der Waals surface area contributed by atoms with E-state index in [0.29, 0.717) is 21.4 Å². The highest BCUT2D eigenvalue weighted by Gasteiger charge is 2.46. The topological polar surface area (TPSA) is 48.3 Å². The van der Waals surface area contributed by atoms with Gasteiger partial charge in [0.1, 0.15) is 11.2 Å². The molecule has 3 aliphatic heterocycles. The van der Waals surface area contributed by atoms with Gasteiger partial charge in [-0.2, -0.15) is 10.1 Å². The van der Waals surface area contributed by atoms with E-state index in [1.54, 1.807) is 30.0 Å². The van der Waals surface area contributed by atoms with Crippen LogP contribution in [-0.2, 0) is 4.79 Å². The first kappa shape index (κ1) is 18.0. The van der Waals surface area contributed by atoms with Crippen LogP contribution >= 0.6 is 35.0 Å². The summed E-state index contributed by atoms with van der Waals surface area (Å²) in [5, 5.41) is 6.68. The SMILES string of the molecule is CC1=NC2SC3=C(CCN(C)C3)C2C(=O)N1/N=C/c1c(Cl)cccc1Cl. The fourth-order valence-electron chi connectivity index (χ4n) is 3.50. The van der Waals surface area contributed by atoms with Gasteiger partial charge in [-0.25, -0.2) is 0 Å². The molecule has 2 atom stereocenters. The minimum atomic E-state index is -0.216. The zero-order chi connectivity index (χ0) is 18.4. The van der Waals surface area contributed by atoms with Gasteiger partial charge in [-0.05, 0) is 38.1 Å². The van der Waals surface area contributed by atoms with Crippen molar-refractivity contribution >= 4 is 52.9 Å². The van der Waals surface area contributed by atoms with Crippen molar-refractivity contribution in [3.05, 3.63) is 44.3 Å². The molecular formula is C18H18Cl2N4OS. The van der Waals surface area contributed by atoms with Gasteiger partial charge in [0.05, 0.1) is 22.2 Å². The number of nitrogens with zero attached hydrogens (tertiary/aromatic N) is 4. The summed E-state index contributed by atoms with van der Waals surface area (Å²) < 4.78 is 0. The van der Waals surface area contributed by atoms with Gasteiger partial charge in [0.25, 0.3) is 5.91 Å². The summed E-state index contributed by atoms with van der Waals surface area (Å²) in [6, 6.07) is 5.26. The number of rotatable bonds is 2. The maximum atomic E-state index is 13.1. The number of halogens is 2. The van der Waals surface area contributed by atoms with Gasteiger partial charge in [0, 0.05) is 23.6 Å². The van der Waals surface area contributed by atoms with Crippen LogP contribution < -0.4 is 0 Å². The Labute approximate surface area is 166 Å². The maximum Gasteiger partial charge on any atom is 0.258 e. The van der Waals surface area contributed by atoms with E-state index in [0.717, 1.165) is 19.5 Å². The largest absolute Gasteiger partial charge is 0.301 e. The summed E-state index contributed by atoms with van der Waals surface area (Å²) in [6.07, 6.45) is 2.45. The molecule has 3 heterocycles. The molecule has 8 heteroatoms. The Kier molecular flexibility index (Phi) is 4.86. The molecule has 1 amide bonds. The van der Waals surface area contributed by atoms with Gasteiger partial charge >= 0.3 is 0 Å². The molecule has 3 aliphatic rings. The number of likely N-dealkylation sites (N-methyl/N-ethyl adjacent to an activating group) is 1. The Morgan fingerprint density at radius 2 is 2.08 bits per heavy atom. The van der Waals surface area contributed by atoms with Crippen molar-refractivity contribution in [1.29, 1.82) is 0 Å². The molecule has 26 heavy (non-hydrogen) atoms. The number of fused-ring (bicyclic) bond motifs is 2. The first-order valence-corrected chi connectivity index (χ1v) is 10.0. The molecule has 0 fully saturated rings. The molecule has 4 rings (SSSR count). The summed E-state index contributed by atoms with van der Waals surface area (Å²) in [5.74, 6) is 0.353. The first-order chi connectivity index (χ1) is 12.5. The Hall–Kier alpha value is -1.34. The molecule has 1 aromatic rings. The first-order valence-electron chi connectivity index (χ1n) is 8.39. The van der Waals surface area contributed by atoms with E-state index in [1.165, 1.54) is 21.7 Å². The quantitative estimate of drug-likeness (QED) is 0.697. The van der Waals surface area contributed by atoms with E-state index in [2.05, 4.69) is 17.0 Å². The summed E-state index contributed by atoms with van der Waals surface area (Å²) in [4.78, 5) is 21.4. The highest BCUT2D eigenvalue weighted by molar-refractivity contribution is 8.04. The lowest BCUT2D eigenvalue weighted by Gasteiger charge is -2.30. The van der Waals surface area contributed by atoms with Gasteiger partial charge in [0.2, 0.25) is 0 Å². The fourth-order valence-corrected chi connectivity index (χ4v) is 5.58. The number of carbonyl (C=O) groups excluding carboxylic acids is 1. The maximum absolute atomic E-state index is 13.1. The van der Waals surface area contributed by atoms with Crippen LogP contribution in [-0.4, -0.2) is 53.4 Å². The zero-order valence-electron chi connectivity index (χ0n) is 14.4. The van der Waals surface area contributed by atoms with Crippen molar-refractivity contribution in [2.24, 2.45) is 16.0 Å². The van der Waals surface area contributed by atoms with Crippen LogP contribution in [0.15, 0.2) is 38.8 Å². The predicted molar refractivity (Wildman–Crippen MR) is 108 cm³/mol. The Morgan fingerprint density at radius 1 is 1.35 bits per heavy atom. The van der Waals surface area contributed by atoms with Crippen LogP contribution in [0.1, 0.15) is 18.9 Å². The second-order valence-corrected chi connectivity index (χ2v) is 8.65. The van der Waals surface area contributed by atoms with Crippen molar-refractivity contribution in [3.8, 4) is 0 Å². The molecule has 5 nitrogen and oxygen atoms in total. The standard InChI is InChI=1S/C18H18Cl2N4OS/c1-10-22-17-16(11-6-7-23(2)9-15(11)26-17)18(25)24(10)21-8-12-13(19)4-3-5-14(12)20/h3-5,8,16-17H,6-7,9H2,1-2H3/b21-8+. The van der Waals surface area contributed by atoms with Crippen LogP contribution in [0, 0.1) is 5.92 Å². The van der Waals surface area contributed by atoms with Gasteiger partial charge in [-0.3, -0.25) is 9.79 Å². The molecule has 0 N–H and O–H groups in total. The van der Waals surface area contributed by atoms with Crippen LogP contribution in [0.25, 0.3) is 0 Å². The summed E-state index contributed by atoms with van der Waals surface area (Å²) in [6.45, 7) is 3.67. The minimum Gasteiger partial charge on any atom is -0.301 e. The monoisotopic (exact) mass is 408 g/mol. The number of amides is 1. The lowest BCUT2D eigenvalue weighted by Crippen LogP contribution is -2.44. The molecule has 0 saturated heterocycles. The number of carbonyl (C=O) groups is 1. The van der Waals surface area contributed by atoms with E-state index < -0.39 is 0 Å². The van der Waals surface area contributed by atoms with Crippen molar-refractivity contribution in [2.45, 2.75) is 18.7 Å². The van der Waals surface area contributed by atoms with Gasteiger partial charge in [-0.1, -0.05) is 29.3 Å². The molecule has 0 radical (unpaired) electrons. The third-order valence-electron chi connectivity index (χ3n) is 4.86. The van der Waals surface area contributed by atoms with Crippen molar-refractivity contribution in [1.82, 2.24) is 9.91 Å². The van der Waals surface area contributed by atoms with Gasteiger partial charge in [0.15, 0.2) is 0 Å². The number of thioether (sulfide) groups is 1. The average molecular weight is 409 g/mol. The number of aliphatic imine (C=N–C) groups is 1.